The maximum absolute atomic E-state index is 13.5. The number of nitrogens with zero attached hydrogens (tertiary/aromatic N) is 1. The molecular formula is C16H13ClFNO. The van der Waals surface area contributed by atoms with Crippen molar-refractivity contribution in [2.45, 2.75) is 13.2 Å². The number of hydrogen-bond acceptors (Lipinski definition) is 1. The summed E-state index contributed by atoms with van der Waals surface area (Å²) >= 11 is 6.00. The Bertz CT molecular complexity index is 766. The van der Waals surface area contributed by atoms with Crippen molar-refractivity contribution in [2.24, 2.45) is 0 Å². The lowest BCUT2D eigenvalue weighted by Crippen LogP contribution is -2.01. The zero-order chi connectivity index (χ0) is 14.1. The molecule has 0 aliphatic rings. The number of aliphatic hydroxyl groups excluding tert-OH is 1. The van der Waals surface area contributed by atoms with Crippen molar-refractivity contribution in [2.75, 3.05) is 0 Å². The Balaban J connectivity index is 2.09. The molecule has 0 saturated carbocycles. The molecule has 3 rings (SSSR count). The van der Waals surface area contributed by atoms with Gasteiger partial charge in [0.2, 0.25) is 0 Å². The van der Waals surface area contributed by atoms with Gasteiger partial charge in [-0.1, -0.05) is 41.9 Å². The first-order chi connectivity index (χ1) is 9.70. The second-order valence-corrected chi connectivity index (χ2v) is 5.05. The molecule has 0 bridgehead atoms. The third-order valence-electron chi connectivity index (χ3n) is 3.41. The predicted molar refractivity (Wildman–Crippen MR) is 78.4 cm³/mol. The molecule has 0 aliphatic carbocycles. The second kappa shape index (κ2) is 5.27. The number of halogens is 2. The smallest absolute Gasteiger partial charge is 0.142 e. The van der Waals surface area contributed by atoms with Crippen LogP contribution < -0.4 is 0 Å². The zero-order valence-electron chi connectivity index (χ0n) is 10.7. The van der Waals surface area contributed by atoms with Gasteiger partial charge >= 0.3 is 0 Å². The lowest BCUT2D eigenvalue weighted by Gasteiger charge is -2.10. The number of para-hydroxylation sites is 1. The topological polar surface area (TPSA) is 25.2 Å². The van der Waals surface area contributed by atoms with Gasteiger partial charge in [-0.15, -0.1) is 0 Å². The van der Waals surface area contributed by atoms with E-state index in [1.807, 2.05) is 35.0 Å². The molecule has 0 amide bonds. The van der Waals surface area contributed by atoms with Gasteiger partial charge in [0.25, 0.3) is 0 Å². The summed E-state index contributed by atoms with van der Waals surface area (Å²) in [6.45, 7) is 0.440. The summed E-state index contributed by atoms with van der Waals surface area (Å²) in [7, 11) is 0. The van der Waals surface area contributed by atoms with E-state index in [4.69, 9.17) is 11.6 Å². The van der Waals surface area contributed by atoms with Crippen molar-refractivity contribution in [3.63, 3.8) is 0 Å². The van der Waals surface area contributed by atoms with Crippen LogP contribution in [-0.2, 0) is 13.2 Å². The summed E-state index contributed by atoms with van der Waals surface area (Å²) in [6.07, 6.45) is 1.92. The molecule has 102 valence electrons. The molecule has 0 fully saturated rings. The minimum atomic E-state index is -0.414. The summed E-state index contributed by atoms with van der Waals surface area (Å²) in [5, 5.41) is 10.6. The third kappa shape index (κ3) is 2.19. The van der Waals surface area contributed by atoms with Crippen LogP contribution in [-0.4, -0.2) is 9.67 Å². The Morgan fingerprint density at radius 1 is 1.05 bits per heavy atom. The summed E-state index contributed by atoms with van der Waals surface area (Å²) in [4.78, 5) is 0. The number of hydrogen-bond donors (Lipinski definition) is 1. The van der Waals surface area contributed by atoms with Gasteiger partial charge in [0.1, 0.15) is 5.82 Å². The summed E-state index contributed by atoms with van der Waals surface area (Å²) in [5.74, 6) is -0.414. The number of benzene rings is 2. The van der Waals surface area contributed by atoms with E-state index in [1.54, 1.807) is 12.1 Å². The molecule has 1 N–H and O–H groups in total. The molecule has 4 heteroatoms. The van der Waals surface area contributed by atoms with E-state index >= 15 is 0 Å². The van der Waals surface area contributed by atoms with Crippen molar-refractivity contribution < 1.29 is 9.50 Å². The minimum Gasteiger partial charge on any atom is -0.392 e. The summed E-state index contributed by atoms with van der Waals surface area (Å²) < 4.78 is 15.5. The molecule has 20 heavy (non-hydrogen) atoms. The summed E-state index contributed by atoms with van der Waals surface area (Å²) in [5.41, 5.74) is 2.52. The average molecular weight is 290 g/mol. The van der Waals surface area contributed by atoms with Gasteiger partial charge in [-0.2, -0.15) is 0 Å². The van der Waals surface area contributed by atoms with Gasteiger partial charge in [-0.05, 0) is 23.1 Å². The van der Waals surface area contributed by atoms with Crippen LogP contribution in [0, 0.1) is 5.82 Å². The van der Waals surface area contributed by atoms with Gasteiger partial charge in [0.15, 0.2) is 0 Å². The number of fused-ring (bicyclic) bond motifs is 1. The maximum atomic E-state index is 13.5. The number of aromatic nitrogens is 1. The minimum absolute atomic E-state index is 0.0295. The molecule has 0 radical (unpaired) electrons. The first-order valence-electron chi connectivity index (χ1n) is 6.31. The molecule has 0 aliphatic heterocycles. The van der Waals surface area contributed by atoms with Crippen LogP contribution in [0.1, 0.15) is 11.1 Å². The van der Waals surface area contributed by atoms with Crippen molar-refractivity contribution in [3.8, 4) is 0 Å². The molecule has 0 spiro atoms. The SMILES string of the molecule is OCc1cccc2ccn(Cc3cccc(F)c3Cl)c12. The van der Waals surface area contributed by atoms with Crippen LogP contribution in [0.3, 0.4) is 0 Å². The van der Waals surface area contributed by atoms with Crippen molar-refractivity contribution in [3.05, 3.63) is 70.6 Å². The van der Waals surface area contributed by atoms with Crippen LogP contribution in [0.4, 0.5) is 4.39 Å². The fourth-order valence-corrected chi connectivity index (χ4v) is 2.64. The second-order valence-electron chi connectivity index (χ2n) is 4.67. The summed E-state index contributed by atoms with van der Waals surface area (Å²) in [6, 6.07) is 12.5. The Labute approximate surface area is 121 Å². The molecule has 2 aromatic carbocycles. The van der Waals surface area contributed by atoms with Crippen LogP contribution in [0.15, 0.2) is 48.7 Å². The van der Waals surface area contributed by atoms with E-state index in [-0.39, 0.29) is 11.6 Å². The van der Waals surface area contributed by atoms with Crippen LogP contribution in [0.2, 0.25) is 5.02 Å². The van der Waals surface area contributed by atoms with Crippen LogP contribution in [0.25, 0.3) is 10.9 Å². The molecular weight excluding hydrogens is 277 g/mol. The van der Waals surface area contributed by atoms with Gasteiger partial charge in [0, 0.05) is 18.3 Å². The van der Waals surface area contributed by atoms with Crippen molar-refractivity contribution in [1.29, 1.82) is 0 Å². The van der Waals surface area contributed by atoms with E-state index in [0.29, 0.717) is 6.54 Å². The fraction of sp³-hybridized carbons (Fsp3) is 0.125. The largest absolute Gasteiger partial charge is 0.392 e. The van der Waals surface area contributed by atoms with E-state index in [1.165, 1.54) is 6.07 Å². The Morgan fingerprint density at radius 3 is 2.60 bits per heavy atom. The molecule has 3 aromatic rings. The van der Waals surface area contributed by atoms with Crippen LogP contribution >= 0.6 is 11.6 Å². The fourth-order valence-electron chi connectivity index (χ4n) is 2.45. The van der Waals surface area contributed by atoms with Gasteiger partial charge in [-0.3, -0.25) is 0 Å². The van der Waals surface area contributed by atoms with E-state index in [9.17, 15) is 9.50 Å². The van der Waals surface area contributed by atoms with E-state index in [2.05, 4.69) is 0 Å². The number of rotatable bonds is 3. The Kier molecular flexibility index (Phi) is 3.47. The third-order valence-corrected chi connectivity index (χ3v) is 3.84. The molecule has 0 atom stereocenters. The highest BCUT2D eigenvalue weighted by atomic mass is 35.5. The Morgan fingerprint density at radius 2 is 1.80 bits per heavy atom. The van der Waals surface area contributed by atoms with Gasteiger partial charge < -0.3 is 9.67 Å². The molecule has 2 nitrogen and oxygen atoms in total. The monoisotopic (exact) mass is 289 g/mol. The van der Waals surface area contributed by atoms with Crippen molar-refractivity contribution >= 4 is 22.5 Å². The normalized spacial score (nSPS) is 11.2. The quantitative estimate of drug-likeness (QED) is 0.775. The first-order valence-corrected chi connectivity index (χ1v) is 6.69. The van der Waals surface area contributed by atoms with Gasteiger partial charge in [0.05, 0.1) is 17.1 Å². The average Bonchev–Trinajstić information content (AvgIpc) is 2.87. The molecule has 0 saturated heterocycles. The lowest BCUT2D eigenvalue weighted by molar-refractivity contribution is 0.283. The number of aliphatic hydroxyl groups is 1. The van der Waals surface area contributed by atoms with E-state index in [0.717, 1.165) is 22.0 Å². The zero-order valence-corrected chi connectivity index (χ0v) is 11.4. The predicted octanol–water partition coefficient (Wildman–Crippen LogP) is 3.97. The highest BCUT2D eigenvalue weighted by Gasteiger charge is 2.10. The molecule has 1 aromatic heterocycles. The lowest BCUT2D eigenvalue weighted by atomic mass is 10.1. The maximum Gasteiger partial charge on any atom is 0.142 e. The highest BCUT2D eigenvalue weighted by Crippen LogP contribution is 2.25. The van der Waals surface area contributed by atoms with Crippen molar-refractivity contribution in [1.82, 2.24) is 4.57 Å². The molecule has 0 unspecified atom stereocenters. The van der Waals surface area contributed by atoms with Crippen LogP contribution in [0.5, 0.6) is 0 Å². The van der Waals surface area contributed by atoms with Gasteiger partial charge in [-0.25, -0.2) is 4.39 Å². The highest BCUT2D eigenvalue weighted by molar-refractivity contribution is 6.31. The molecule has 1 heterocycles. The first kappa shape index (κ1) is 13.2. The Hall–Kier alpha value is -1.84. The van der Waals surface area contributed by atoms with E-state index < -0.39 is 5.82 Å². The standard InChI is InChI=1S/C16H13ClFNO/c17-15-12(4-2-6-14(15)18)9-19-8-7-11-3-1-5-13(10-20)16(11)19/h1-8,20H,9-10H2.